The number of nitrogens with one attached hydrogen (secondary N) is 1. The number of ether oxygens (including phenoxy) is 1. The average Bonchev–Trinajstić information content (AvgIpc) is 2.47. The molecule has 2 rings (SSSR count). The molecule has 2 aromatic rings. The van der Waals surface area contributed by atoms with Crippen LogP contribution in [0.5, 0.6) is 0 Å². The third-order valence-electron chi connectivity index (χ3n) is 3.18. The van der Waals surface area contributed by atoms with Gasteiger partial charge in [0.05, 0.1) is 12.2 Å². The summed E-state index contributed by atoms with van der Waals surface area (Å²) in [6, 6.07) is 7.56. The van der Waals surface area contributed by atoms with Crippen LogP contribution in [0.4, 0.5) is 13.2 Å². The number of hydrogen-bond acceptors (Lipinski definition) is 3. The molecule has 0 spiro atoms. The van der Waals surface area contributed by atoms with E-state index >= 15 is 0 Å². The van der Waals surface area contributed by atoms with Crippen molar-refractivity contribution in [2.24, 2.45) is 0 Å². The Labute approximate surface area is 129 Å². The van der Waals surface area contributed by atoms with Crippen LogP contribution < -0.4 is 5.56 Å². The molecule has 1 heterocycles. The number of carbonyl (C=O) groups is 1. The number of rotatable bonds is 3. The van der Waals surface area contributed by atoms with Gasteiger partial charge in [0, 0.05) is 5.56 Å². The van der Waals surface area contributed by atoms with Crippen molar-refractivity contribution in [3.8, 4) is 11.1 Å². The van der Waals surface area contributed by atoms with Gasteiger partial charge in [0.2, 0.25) is 0 Å². The van der Waals surface area contributed by atoms with Gasteiger partial charge < -0.3 is 9.72 Å². The maximum Gasteiger partial charge on any atom is 0.432 e. The summed E-state index contributed by atoms with van der Waals surface area (Å²) < 4.78 is 43.8. The van der Waals surface area contributed by atoms with Gasteiger partial charge in [-0.2, -0.15) is 13.2 Å². The second kappa shape index (κ2) is 6.28. The van der Waals surface area contributed by atoms with E-state index in [1.165, 1.54) is 6.92 Å². The summed E-state index contributed by atoms with van der Waals surface area (Å²) in [6.07, 6.45) is -4.87. The Morgan fingerprint density at radius 1 is 1.22 bits per heavy atom. The van der Waals surface area contributed by atoms with E-state index in [2.05, 4.69) is 4.74 Å². The van der Waals surface area contributed by atoms with Crippen molar-refractivity contribution < 1.29 is 22.7 Å². The van der Waals surface area contributed by atoms with Crippen LogP contribution in [-0.2, 0) is 10.9 Å². The Morgan fingerprint density at radius 2 is 1.83 bits per heavy atom. The minimum atomic E-state index is -4.87. The lowest BCUT2D eigenvalue weighted by atomic mass is 10.0. The van der Waals surface area contributed by atoms with Crippen molar-refractivity contribution in [1.82, 2.24) is 4.98 Å². The van der Waals surface area contributed by atoms with Gasteiger partial charge in [-0.15, -0.1) is 0 Å². The fourth-order valence-corrected chi connectivity index (χ4v) is 2.07. The number of aromatic nitrogens is 1. The molecule has 0 saturated heterocycles. The van der Waals surface area contributed by atoms with Gasteiger partial charge in [-0.25, -0.2) is 4.79 Å². The number of alkyl halides is 3. The molecule has 0 bridgehead atoms. The Bertz CT molecular complexity index is 777. The van der Waals surface area contributed by atoms with E-state index in [1.54, 1.807) is 29.2 Å². The third kappa shape index (κ3) is 3.61. The molecular formula is C16H14F3NO3. The molecule has 23 heavy (non-hydrogen) atoms. The smallest absolute Gasteiger partial charge is 0.432 e. The minimum Gasteiger partial charge on any atom is -0.462 e. The number of hydrogen-bond donors (Lipinski definition) is 1. The first kappa shape index (κ1) is 16.8. The molecule has 1 aromatic carbocycles. The van der Waals surface area contributed by atoms with E-state index < -0.39 is 29.0 Å². The topological polar surface area (TPSA) is 59.2 Å². The number of aryl methyl sites for hydroxylation is 1. The highest BCUT2D eigenvalue weighted by Crippen LogP contribution is 2.31. The first-order chi connectivity index (χ1) is 10.7. The van der Waals surface area contributed by atoms with Gasteiger partial charge >= 0.3 is 12.1 Å². The molecule has 7 heteroatoms. The van der Waals surface area contributed by atoms with Crippen LogP contribution in [0.15, 0.2) is 35.1 Å². The van der Waals surface area contributed by atoms with Crippen LogP contribution >= 0.6 is 0 Å². The molecule has 122 valence electrons. The minimum absolute atomic E-state index is 0.0268. The fourth-order valence-electron chi connectivity index (χ4n) is 2.07. The van der Waals surface area contributed by atoms with E-state index in [-0.39, 0.29) is 12.2 Å². The molecule has 0 amide bonds. The zero-order valence-corrected chi connectivity index (χ0v) is 12.5. The van der Waals surface area contributed by atoms with Crippen LogP contribution in [0, 0.1) is 6.92 Å². The van der Waals surface area contributed by atoms with Crippen molar-refractivity contribution in [1.29, 1.82) is 0 Å². The number of aromatic amines is 1. The van der Waals surface area contributed by atoms with Crippen molar-refractivity contribution in [2.75, 3.05) is 6.61 Å². The number of benzene rings is 1. The summed E-state index contributed by atoms with van der Waals surface area (Å²) in [5.41, 5.74) is -1.72. The molecule has 0 aliphatic carbocycles. The molecule has 4 nitrogen and oxygen atoms in total. The molecule has 0 aliphatic heterocycles. The molecule has 0 saturated carbocycles. The SMILES string of the molecule is CCOC(=O)c1cc(-c2ccc(C)cc2)c(=O)[nH]c1C(F)(F)F. The second-order valence-corrected chi connectivity index (χ2v) is 4.89. The van der Waals surface area contributed by atoms with Crippen molar-refractivity contribution >= 4 is 5.97 Å². The molecule has 0 radical (unpaired) electrons. The lowest BCUT2D eigenvalue weighted by molar-refractivity contribution is -0.141. The normalized spacial score (nSPS) is 11.3. The van der Waals surface area contributed by atoms with E-state index in [0.29, 0.717) is 5.56 Å². The van der Waals surface area contributed by atoms with E-state index in [9.17, 15) is 22.8 Å². The molecule has 0 atom stereocenters. The summed E-state index contributed by atoms with van der Waals surface area (Å²) >= 11 is 0. The summed E-state index contributed by atoms with van der Waals surface area (Å²) in [5, 5.41) is 0. The highest BCUT2D eigenvalue weighted by Gasteiger charge is 2.37. The highest BCUT2D eigenvalue weighted by atomic mass is 19.4. The van der Waals surface area contributed by atoms with Crippen LogP contribution in [0.2, 0.25) is 0 Å². The Kier molecular flexibility index (Phi) is 4.58. The summed E-state index contributed by atoms with van der Waals surface area (Å²) in [6.45, 7) is 3.25. The Hall–Kier alpha value is -2.57. The summed E-state index contributed by atoms with van der Waals surface area (Å²) in [7, 11) is 0. The number of H-pyrrole nitrogens is 1. The number of halogens is 3. The van der Waals surface area contributed by atoms with Gasteiger partial charge in [0.15, 0.2) is 0 Å². The van der Waals surface area contributed by atoms with Crippen LogP contribution in [0.25, 0.3) is 11.1 Å². The van der Waals surface area contributed by atoms with Gasteiger partial charge in [0.25, 0.3) is 5.56 Å². The number of esters is 1. The van der Waals surface area contributed by atoms with E-state index in [0.717, 1.165) is 11.6 Å². The predicted octanol–water partition coefficient (Wildman–Crippen LogP) is 3.55. The average molecular weight is 325 g/mol. The predicted molar refractivity (Wildman–Crippen MR) is 78.2 cm³/mol. The van der Waals surface area contributed by atoms with Crippen molar-refractivity contribution in [3.63, 3.8) is 0 Å². The third-order valence-corrected chi connectivity index (χ3v) is 3.18. The molecular weight excluding hydrogens is 311 g/mol. The lowest BCUT2D eigenvalue weighted by Gasteiger charge is -2.13. The molecule has 1 N–H and O–H groups in total. The van der Waals surface area contributed by atoms with Crippen molar-refractivity contribution in [3.05, 3.63) is 57.5 Å². The van der Waals surface area contributed by atoms with Gasteiger partial charge in [-0.1, -0.05) is 29.8 Å². The lowest BCUT2D eigenvalue weighted by Crippen LogP contribution is -2.23. The second-order valence-electron chi connectivity index (χ2n) is 4.89. The number of pyridine rings is 1. The monoisotopic (exact) mass is 325 g/mol. The van der Waals surface area contributed by atoms with Gasteiger partial charge in [0.1, 0.15) is 5.69 Å². The highest BCUT2D eigenvalue weighted by molar-refractivity contribution is 5.92. The Morgan fingerprint density at radius 3 is 2.35 bits per heavy atom. The van der Waals surface area contributed by atoms with E-state index in [4.69, 9.17) is 0 Å². The maximum atomic E-state index is 13.0. The van der Waals surface area contributed by atoms with Gasteiger partial charge in [-0.3, -0.25) is 4.79 Å². The van der Waals surface area contributed by atoms with Crippen LogP contribution in [0.3, 0.4) is 0 Å². The largest absolute Gasteiger partial charge is 0.462 e. The molecule has 0 unspecified atom stereocenters. The number of carbonyl (C=O) groups excluding carboxylic acids is 1. The fraction of sp³-hybridized carbons (Fsp3) is 0.250. The summed E-state index contributed by atoms with van der Waals surface area (Å²) in [5.74, 6) is -1.13. The quantitative estimate of drug-likeness (QED) is 0.878. The first-order valence-electron chi connectivity index (χ1n) is 6.82. The van der Waals surface area contributed by atoms with Crippen molar-refractivity contribution in [2.45, 2.75) is 20.0 Å². The van der Waals surface area contributed by atoms with E-state index in [1.807, 2.05) is 6.92 Å². The summed E-state index contributed by atoms with van der Waals surface area (Å²) in [4.78, 5) is 25.6. The zero-order chi connectivity index (χ0) is 17.2. The first-order valence-corrected chi connectivity index (χ1v) is 6.82. The van der Waals surface area contributed by atoms with Crippen LogP contribution in [-0.4, -0.2) is 17.6 Å². The molecule has 0 aliphatic rings. The maximum absolute atomic E-state index is 13.0. The Balaban J connectivity index is 2.67. The zero-order valence-electron chi connectivity index (χ0n) is 12.5. The van der Waals surface area contributed by atoms with Gasteiger partial charge in [-0.05, 0) is 25.5 Å². The molecule has 1 aromatic heterocycles. The standard InChI is InChI=1S/C16H14F3NO3/c1-3-23-15(22)12-8-11(10-6-4-9(2)5-7-10)14(21)20-13(12)16(17,18)19/h4-8H,3H2,1-2H3,(H,20,21). The van der Waals surface area contributed by atoms with Crippen LogP contribution in [0.1, 0.15) is 28.5 Å². The molecule has 0 fully saturated rings.